The lowest BCUT2D eigenvalue weighted by atomic mass is 9.95. The minimum Gasteiger partial charge on any atom is -0.375 e. The lowest BCUT2D eigenvalue weighted by Gasteiger charge is -2.30. The van der Waals surface area contributed by atoms with Crippen LogP contribution in [0.5, 0.6) is 0 Å². The lowest BCUT2D eigenvalue weighted by molar-refractivity contribution is 0.128. The number of rotatable bonds is 9. The highest BCUT2D eigenvalue weighted by molar-refractivity contribution is 7.85. The van der Waals surface area contributed by atoms with E-state index >= 15 is 0 Å². The van der Waals surface area contributed by atoms with Crippen LogP contribution in [-0.2, 0) is 22.1 Å². The molecule has 0 spiro atoms. The summed E-state index contributed by atoms with van der Waals surface area (Å²) in [7, 11) is -0.699. The molecule has 5 nitrogen and oxygen atoms in total. The molecule has 0 amide bonds. The van der Waals surface area contributed by atoms with Crippen LogP contribution in [-0.4, -0.2) is 46.9 Å². The second-order valence-electron chi connectivity index (χ2n) is 6.60. The predicted molar refractivity (Wildman–Crippen MR) is 110 cm³/mol. The van der Waals surface area contributed by atoms with Gasteiger partial charge in [0.25, 0.3) is 0 Å². The Balaban J connectivity index is 1.75. The second kappa shape index (κ2) is 12.1. The quantitative estimate of drug-likeness (QED) is 0.393. The van der Waals surface area contributed by atoms with E-state index in [9.17, 15) is 4.21 Å². The minimum absolute atomic E-state index is 0.323. The molecule has 0 saturated heterocycles. The van der Waals surface area contributed by atoms with Crippen LogP contribution in [0.3, 0.4) is 0 Å². The van der Waals surface area contributed by atoms with Crippen LogP contribution in [0.25, 0.3) is 0 Å². The highest BCUT2D eigenvalue weighted by Gasteiger charge is 2.25. The average Bonchev–Trinajstić information content (AvgIpc) is 2.68. The lowest BCUT2D eigenvalue weighted by Crippen LogP contribution is -2.46. The van der Waals surface area contributed by atoms with E-state index in [-0.39, 0.29) is 0 Å². The Kier molecular flexibility index (Phi) is 9.71. The van der Waals surface area contributed by atoms with Crippen LogP contribution >= 0.6 is 0 Å². The summed E-state index contributed by atoms with van der Waals surface area (Å²) in [5, 5.41) is 7.15. The van der Waals surface area contributed by atoms with Gasteiger partial charge >= 0.3 is 0 Å². The predicted octanol–water partition coefficient (Wildman–Crippen LogP) is 2.84. The van der Waals surface area contributed by atoms with Gasteiger partial charge in [-0.1, -0.05) is 43.7 Å². The van der Waals surface area contributed by atoms with Gasteiger partial charge in [0.1, 0.15) is 0 Å². The number of hydrogen-bond donors (Lipinski definition) is 2. The third-order valence-corrected chi connectivity index (χ3v) is 6.33. The first-order valence-electron chi connectivity index (χ1n) is 9.76. The Hall–Kier alpha value is -1.40. The Morgan fingerprint density at radius 3 is 2.81 bits per heavy atom. The molecule has 0 aliphatic heterocycles. The number of nitrogens with one attached hydrogen (secondary N) is 2. The fraction of sp³-hybridized carbons (Fsp3) is 0.650. The smallest absolute Gasteiger partial charge is 0.191 e. The molecule has 0 radical (unpaired) electrons. The highest BCUT2D eigenvalue weighted by Crippen LogP contribution is 2.22. The molecule has 1 fully saturated rings. The summed E-state index contributed by atoms with van der Waals surface area (Å²) >= 11 is 0. The maximum atomic E-state index is 12.1. The monoisotopic (exact) mass is 379 g/mol. The Labute approximate surface area is 160 Å². The first-order chi connectivity index (χ1) is 12.7. The van der Waals surface area contributed by atoms with Crippen LogP contribution in [0, 0.1) is 0 Å². The molecule has 1 aliphatic carbocycles. The van der Waals surface area contributed by atoms with Gasteiger partial charge in [0.2, 0.25) is 0 Å². The molecule has 0 bridgehead atoms. The van der Waals surface area contributed by atoms with Crippen molar-refractivity contribution in [3.63, 3.8) is 0 Å². The van der Waals surface area contributed by atoms with E-state index in [1.54, 1.807) is 0 Å². The molecule has 1 aliphatic rings. The summed E-state index contributed by atoms with van der Waals surface area (Å²) in [5.74, 6) is 1.59. The SMILES string of the molecule is CCNC(=NCCOCc1ccccc1)NC1CCCC(S(=O)CC)C1. The van der Waals surface area contributed by atoms with Crippen molar-refractivity contribution in [1.82, 2.24) is 10.6 Å². The second-order valence-corrected chi connectivity index (χ2v) is 8.60. The summed E-state index contributed by atoms with van der Waals surface area (Å²) in [4.78, 5) is 4.62. The zero-order chi connectivity index (χ0) is 18.6. The molecule has 3 unspecified atom stereocenters. The minimum atomic E-state index is -0.699. The topological polar surface area (TPSA) is 62.7 Å². The molecular weight excluding hydrogens is 346 g/mol. The Morgan fingerprint density at radius 2 is 2.08 bits per heavy atom. The number of aliphatic imine (C=N–C) groups is 1. The third-order valence-electron chi connectivity index (χ3n) is 4.58. The summed E-state index contributed by atoms with van der Waals surface area (Å²) in [6.45, 7) is 6.74. The molecule has 3 atom stereocenters. The number of hydrogen-bond acceptors (Lipinski definition) is 3. The molecule has 1 saturated carbocycles. The van der Waals surface area contributed by atoms with Crippen LogP contribution in [0.1, 0.15) is 45.1 Å². The summed E-state index contributed by atoms with van der Waals surface area (Å²) in [6.07, 6.45) is 4.30. The molecule has 2 N–H and O–H groups in total. The third kappa shape index (κ3) is 7.46. The van der Waals surface area contributed by atoms with Crippen molar-refractivity contribution in [3.05, 3.63) is 35.9 Å². The van der Waals surface area contributed by atoms with Crippen molar-refractivity contribution in [2.75, 3.05) is 25.4 Å². The van der Waals surface area contributed by atoms with E-state index in [0.717, 1.165) is 43.9 Å². The molecule has 0 heterocycles. The molecule has 0 aromatic heterocycles. The van der Waals surface area contributed by atoms with Crippen molar-refractivity contribution in [2.45, 2.75) is 57.4 Å². The van der Waals surface area contributed by atoms with E-state index in [2.05, 4.69) is 34.7 Å². The number of guanidine groups is 1. The maximum absolute atomic E-state index is 12.1. The molecule has 2 rings (SSSR count). The molecule has 1 aromatic carbocycles. The van der Waals surface area contributed by atoms with Crippen molar-refractivity contribution in [2.24, 2.45) is 4.99 Å². The fourth-order valence-corrected chi connectivity index (χ4v) is 4.60. The van der Waals surface area contributed by atoms with Crippen LogP contribution < -0.4 is 10.6 Å². The van der Waals surface area contributed by atoms with Crippen LogP contribution in [0.4, 0.5) is 0 Å². The standard InChI is InChI=1S/C20H33N3O2S/c1-3-21-20(22-13-14-25-16-17-9-6-5-7-10-17)23-18-11-8-12-19(15-18)26(24)4-2/h5-7,9-10,18-19H,3-4,8,11-16H2,1-2H3,(H2,21,22,23). The Morgan fingerprint density at radius 1 is 1.27 bits per heavy atom. The molecule has 26 heavy (non-hydrogen) atoms. The molecule has 6 heteroatoms. The van der Waals surface area contributed by atoms with Crippen LogP contribution in [0.15, 0.2) is 35.3 Å². The highest BCUT2D eigenvalue weighted by atomic mass is 32.2. The van der Waals surface area contributed by atoms with Crippen molar-refractivity contribution in [3.8, 4) is 0 Å². The van der Waals surface area contributed by atoms with Gasteiger partial charge in [-0.25, -0.2) is 0 Å². The van der Waals surface area contributed by atoms with Gasteiger partial charge in [-0.15, -0.1) is 0 Å². The Bertz CT molecular complexity index is 565. The van der Waals surface area contributed by atoms with Gasteiger partial charge in [0.15, 0.2) is 5.96 Å². The average molecular weight is 380 g/mol. The number of benzene rings is 1. The van der Waals surface area contributed by atoms with Gasteiger partial charge in [-0.3, -0.25) is 9.20 Å². The zero-order valence-electron chi connectivity index (χ0n) is 16.1. The largest absolute Gasteiger partial charge is 0.375 e. The van der Waals surface area contributed by atoms with E-state index in [1.165, 1.54) is 5.56 Å². The molecule has 1 aromatic rings. The van der Waals surface area contributed by atoms with Gasteiger partial charge < -0.3 is 15.4 Å². The first-order valence-corrected chi connectivity index (χ1v) is 11.1. The van der Waals surface area contributed by atoms with Crippen molar-refractivity contribution >= 4 is 16.8 Å². The summed E-state index contributed by atoms with van der Waals surface area (Å²) < 4.78 is 17.8. The maximum Gasteiger partial charge on any atom is 0.191 e. The number of nitrogens with zero attached hydrogens (tertiary/aromatic N) is 1. The van der Waals surface area contributed by atoms with Gasteiger partial charge in [0, 0.05) is 34.4 Å². The fourth-order valence-electron chi connectivity index (χ4n) is 3.25. The molecular formula is C20H33N3O2S. The first kappa shape index (κ1) is 20.9. The molecule has 146 valence electrons. The van der Waals surface area contributed by atoms with E-state index in [4.69, 9.17) is 4.74 Å². The van der Waals surface area contributed by atoms with Crippen molar-refractivity contribution < 1.29 is 8.95 Å². The van der Waals surface area contributed by atoms with E-state index in [1.807, 2.05) is 25.1 Å². The van der Waals surface area contributed by atoms with E-state index < -0.39 is 10.8 Å². The number of ether oxygens (including phenoxy) is 1. The van der Waals surface area contributed by atoms with E-state index in [0.29, 0.717) is 31.1 Å². The van der Waals surface area contributed by atoms with Gasteiger partial charge in [0.05, 0.1) is 19.8 Å². The zero-order valence-corrected chi connectivity index (χ0v) is 16.9. The van der Waals surface area contributed by atoms with Crippen LogP contribution in [0.2, 0.25) is 0 Å². The normalized spacial score (nSPS) is 22.0. The summed E-state index contributed by atoms with van der Waals surface area (Å²) in [5.41, 5.74) is 1.18. The summed E-state index contributed by atoms with van der Waals surface area (Å²) in [6, 6.07) is 10.5. The van der Waals surface area contributed by atoms with Gasteiger partial charge in [-0.2, -0.15) is 0 Å². The van der Waals surface area contributed by atoms with Crippen molar-refractivity contribution in [1.29, 1.82) is 0 Å². The van der Waals surface area contributed by atoms with Gasteiger partial charge in [-0.05, 0) is 31.7 Å².